The van der Waals surface area contributed by atoms with Crippen LogP contribution in [0.1, 0.15) is 0 Å². The molecule has 0 amide bonds. The number of H-pyrrole nitrogens is 1. The van der Waals surface area contributed by atoms with Crippen molar-refractivity contribution in [2.75, 3.05) is 5.73 Å². The van der Waals surface area contributed by atoms with Crippen LogP contribution in [0.2, 0.25) is 0 Å². The number of rotatable bonds is 1. The van der Waals surface area contributed by atoms with Gasteiger partial charge in [-0.15, -0.1) is 11.3 Å². The molecule has 0 atom stereocenters. The quantitative estimate of drug-likeness (QED) is 0.636. The molecule has 4 nitrogen and oxygen atoms in total. The third-order valence-corrected chi connectivity index (χ3v) is 2.99. The van der Waals surface area contributed by atoms with Crippen molar-refractivity contribution in [2.45, 2.75) is 0 Å². The van der Waals surface area contributed by atoms with Crippen molar-refractivity contribution in [3.8, 4) is 11.3 Å². The highest BCUT2D eigenvalue weighted by Crippen LogP contribution is 2.23. The van der Waals surface area contributed by atoms with E-state index >= 15 is 0 Å². The van der Waals surface area contributed by atoms with Crippen LogP contribution >= 0.6 is 11.3 Å². The summed E-state index contributed by atoms with van der Waals surface area (Å²) in [7, 11) is 0. The molecular formula is C9H8N4S. The Labute approximate surface area is 84.0 Å². The van der Waals surface area contributed by atoms with E-state index in [9.17, 15) is 0 Å². The van der Waals surface area contributed by atoms with E-state index in [-0.39, 0.29) is 0 Å². The highest BCUT2D eigenvalue weighted by Gasteiger charge is 2.07. The Kier molecular flexibility index (Phi) is 1.43. The van der Waals surface area contributed by atoms with E-state index < -0.39 is 0 Å². The molecule has 3 heterocycles. The Morgan fingerprint density at radius 1 is 1.50 bits per heavy atom. The lowest BCUT2D eigenvalue weighted by molar-refractivity contribution is 1.24. The zero-order valence-electron chi connectivity index (χ0n) is 7.27. The number of aromatic nitrogens is 3. The summed E-state index contributed by atoms with van der Waals surface area (Å²) in [6, 6.07) is 1.99. The van der Waals surface area contributed by atoms with Gasteiger partial charge in [-0.3, -0.25) is 4.40 Å². The van der Waals surface area contributed by atoms with Gasteiger partial charge >= 0.3 is 0 Å². The number of hydrogen-bond donors (Lipinski definition) is 2. The first-order valence-corrected chi connectivity index (χ1v) is 5.08. The number of nitrogens with zero attached hydrogens (tertiary/aromatic N) is 2. The second-order valence-corrected chi connectivity index (χ2v) is 3.88. The molecule has 70 valence electrons. The lowest BCUT2D eigenvalue weighted by Gasteiger charge is -1.87. The van der Waals surface area contributed by atoms with Crippen molar-refractivity contribution in [2.24, 2.45) is 0 Å². The minimum atomic E-state index is 0.735. The topological polar surface area (TPSA) is 59.1 Å². The minimum Gasteiger partial charge on any atom is -0.384 e. The van der Waals surface area contributed by atoms with E-state index in [1.807, 2.05) is 34.4 Å². The largest absolute Gasteiger partial charge is 0.384 e. The molecule has 14 heavy (non-hydrogen) atoms. The van der Waals surface area contributed by atoms with E-state index in [2.05, 4.69) is 9.97 Å². The van der Waals surface area contributed by atoms with Gasteiger partial charge in [0.05, 0.1) is 5.69 Å². The molecule has 0 unspecified atom stereocenters. The number of nitrogens with two attached hydrogens (primary N) is 1. The Morgan fingerprint density at radius 2 is 2.43 bits per heavy atom. The van der Waals surface area contributed by atoms with Crippen LogP contribution in [0.25, 0.3) is 16.2 Å². The summed E-state index contributed by atoms with van der Waals surface area (Å²) in [4.78, 5) is 8.39. The van der Waals surface area contributed by atoms with E-state index in [1.54, 1.807) is 11.3 Å². The fourth-order valence-corrected chi connectivity index (χ4v) is 2.19. The smallest absolute Gasteiger partial charge is 0.195 e. The first-order valence-electron chi connectivity index (χ1n) is 4.20. The molecule has 3 aromatic rings. The summed E-state index contributed by atoms with van der Waals surface area (Å²) >= 11 is 1.55. The summed E-state index contributed by atoms with van der Waals surface area (Å²) in [6.07, 6.45) is 5.75. The van der Waals surface area contributed by atoms with Gasteiger partial charge in [-0.2, -0.15) is 0 Å². The van der Waals surface area contributed by atoms with E-state index in [0.29, 0.717) is 0 Å². The zero-order valence-corrected chi connectivity index (χ0v) is 8.08. The third kappa shape index (κ3) is 0.958. The standard InChI is InChI=1S/C9H8N4S/c10-8-5-14-9-12-7(4-13(8)9)6-1-2-11-3-6/h1-5,11H,10H2. The molecule has 0 saturated heterocycles. The van der Waals surface area contributed by atoms with Crippen molar-refractivity contribution < 1.29 is 0 Å². The van der Waals surface area contributed by atoms with E-state index in [0.717, 1.165) is 22.0 Å². The second-order valence-electron chi connectivity index (χ2n) is 3.04. The zero-order chi connectivity index (χ0) is 9.54. The first kappa shape index (κ1) is 7.64. The van der Waals surface area contributed by atoms with Gasteiger partial charge in [0.1, 0.15) is 5.82 Å². The fraction of sp³-hybridized carbons (Fsp3) is 0. The Bertz CT molecular complexity index is 561. The number of aromatic amines is 1. The van der Waals surface area contributed by atoms with Crippen molar-refractivity contribution in [3.05, 3.63) is 30.0 Å². The Morgan fingerprint density at radius 3 is 3.14 bits per heavy atom. The number of imidazole rings is 1. The van der Waals surface area contributed by atoms with E-state index in [1.165, 1.54) is 0 Å². The van der Waals surface area contributed by atoms with Crippen LogP contribution in [-0.4, -0.2) is 14.4 Å². The number of nitrogen functional groups attached to an aromatic ring is 1. The van der Waals surface area contributed by atoms with Gasteiger partial charge in [0.2, 0.25) is 0 Å². The summed E-state index contributed by atoms with van der Waals surface area (Å²) in [6.45, 7) is 0. The van der Waals surface area contributed by atoms with Crippen LogP contribution in [0, 0.1) is 0 Å². The van der Waals surface area contributed by atoms with Crippen LogP contribution in [0.4, 0.5) is 5.82 Å². The average molecular weight is 204 g/mol. The van der Waals surface area contributed by atoms with Crippen LogP contribution in [0.5, 0.6) is 0 Å². The van der Waals surface area contributed by atoms with Gasteiger partial charge in [-0.1, -0.05) is 0 Å². The van der Waals surface area contributed by atoms with Crippen molar-refractivity contribution in [1.82, 2.24) is 14.4 Å². The molecule has 0 fully saturated rings. The number of nitrogens with one attached hydrogen (secondary N) is 1. The molecule has 3 rings (SSSR count). The molecule has 0 aliphatic carbocycles. The maximum atomic E-state index is 5.77. The molecule has 0 aliphatic rings. The number of fused-ring (bicyclic) bond motifs is 1. The normalized spacial score (nSPS) is 11.1. The predicted octanol–water partition coefficient (Wildman–Crippen LogP) is 1.97. The van der Waals surface area contributed by atoms with Gasteiger partial charge in [0.15, 0.2) is 4.96 Å². The molecular weight excluding hydrogens is 196 g/mol. The predicted molar refractivity (Wildman–Crippen MR) is 57.3 cm³/mol. The first-order chi connectivity index (χ1) is 6.84. The number of anilines is 1. The Balaban J connectivity index is 2.24. The molecule has 3 aromatic heterocycles. The number of thiazole rings is 1. The summed E-state index contributed by atoms with van der Waals surface area (Å²) in [5.74, 6) is 0.735. The van der Waals surface area contributed by atoms with Crippen molar-refractivity contribution in [1.29, 1.82) is 0 Å². The molecule has 0 radical (unpaired) electrons. The molecule has 0 aromatic carbocycles. The van der Waals surface area contributed by atoms with Crippen molar-refractivity contribution >= 4 is 22.1 Å². The van der Waals surface area contributed by atoms with Crippen LogP contribution in [-0.2, 0) is 0 Å². The van der Waals surface area contributed by atoms with Gasteiger partial charge in [0.25, 0.3) is 0 Å². The van der Waals surface area contributed by atoms with Crippen LogP contribution < -0.4 is 5.73 Å². The van der Waals surface area contributed by atoms with Gasteiger partial charge in [-0.05, 0) is 6.07 Å². The van der Waals surface area contributed by atoms with Gasteiger partial charge < -0.3 is 10.7 Å². The van der Waals surface area contributed by atoms with Crippen LogP contribution in [0.3, 0.4) is 0 Å². The van der Waals surface area contributed by atoms with Crippen LogP contribution in [0.15, 0.2) is 30.0 Å². The maximum absolute atomic E-state index is 5.77. The lowest BCUT2D eigenvalue weighted by atomic mass is 10.3. The SMILES string of the molecule is Nc1csc2nc(-c3cc[nH]c3)cn12. The average Bonchev–Trinajstić information content (AvgIpc) is 2.83. The summed E-state index contributed by atoms with van der Waals surface area (Å²) in [5, 5.41) is 1.89. The van der Waals surface area contributed by atoms with Crippen molar-refractivity contribution in [3.63, 3.8) is 0 Å². The molecule has 5 heteroatoms. The highest BCUT2D eigenvalue weighted by molar-refractivity contribution is 7.15. The Hall–Kier alpha value is -1.75. The van der Waals surface area contributed by atoms with E-state index in [4.69, 9.17) is 5.73 Å². The van der Waals surface area contributed by atoms with Gasteiger partial charge in [0, 0.05) is 29.5 Å². The molecule has 0 bridgehead atoms. The lowest BCUT2D eigenvalue weighted by Crippen LogP contribution is -1.87. The second kappa shape index (κ2) is 2.62. The molecule has 3 N–H and O–H groups in total. The van der Waals surface area contributed by atoms with Gasteiger partial charge in [-0.25, -0.2) is 4.98 Å². The highest BCUT2D eigenvalue weighted by atomic mass is 32.1. The molecule has 0 saturated carbocycles. The fourth-order valence-electron chi connectivity index (χ4n) is 1.42. The maximum Gasteiger partial charge on any atom is 0.195 e. The monoisotopic (exact) mass is 204 g/mol. The number of hydrogen-bond acceptors (Lipinski definition) is 3. The third-order valence-electron chi connectivity index (χ3n) is 2.13. The minimum absolute atomic E-state index is 0.735. The summed E-state index contributed by atoms with van der Waals surface area (Å²) in [5.41, 5.74) is 7.80. The summed E-state index contributed by atoms with van der Waals surface area (Å²) < 4.78 is 1.90. The molecule has 0 spiro atoms. The molecule has 0 aliphatic heterocycles.